The highest BCUT2D eigenvalue weighted by molar-refractivity contribution is 6.12. The topological polar surface area (TPSA) is 9.86 Å². The Hall–Kier alpha value is -2.48. The first-order valence-electron chi connectivity index (χ1n) is 7.28. The molecule has 21 heavy (non-hydrogen) atoms. The fourth-order valence-corrected chi connectivity index (χ4v) is 3.46. The lowest BCUT2D eigenvalue weighted by Gasteiger charge is -2.06. The van der Waals surface area contributed by atoms with Crippen molar-refractivity contribution >= 4 is 21.9 Å². The summed E-state index contributed by atoms with van der Waals surface area (Å²) in [6.45, 7) is 2.21. The molecule has 0 amide bonds. The van der Waals surface area contributed by atoms with E-state index >= 15 is 0 Å². The Balaban J connectivity index is 2.25. The highest BCUT2D eigenvalue weighted by atomic mass is 15.0. The maximum absolute atomic E-state index is 2.32. The third kappa shape index (κ3) is 1.53. The van der Waals surface area contributed by atoms with Crippen molar-refractivity contribution in [3.63, 3.8) is 0 Å². The van der Waals surface area contributed by atoms with Crippen LogP contribution < -0.4 is 0 Å². The van der Waals surface area contributed by atoms with Crippen molar-refractivity contribution < 1.29 is 0 Å². The van der Waals surface area contributed by atoms with Gasteiger partial charge in [0.05, 0.1) is 16.6 Å². The molecule has 0 saturated heterocycles. The molecule has 0 N–H and O–H groups in total. The number of aromatic nitrogens is 2. The maximum atomic E-state index is 2.32. The molecule has 0 bridgehead atoms. The molecule has 4 rings (SSSR count). The van der Waals surface area contributed by atoms with Crippen molar-refractivity contribution in [3.05, 3.63) is 60.3 Å². The van der Waals surface area contributed by atoms with Gasteiger partial charge < -0.3 is 9.13 Å². The number of benzene rings is 2. The SMILES string of the molecule is Cc1c(-c2ccccc2)c2c(c3ccccc3n2C)n1C. The standard InChI is InChI=1S/C19H18N2/c1-13-17(14-9-5-4-6-10-14)19-18(20(13)2)15-11-7-8-12-16(15)21(19)3/h4-12H,1-3H3. The average Bonchev–Trinajstić information content (AvgIpc) is 2.95. The van der Waals surface area contributed by atoms with E-state index in [9.17, 15) is 0 Å². The van der Waals surface area contributed by atoms with Crippen LogP contribution in [0.3, 0.4) is 0 Å². The zero-order valence-electron chi connectivity index (χ0n) is 12.6. The number of aryl methyl sites for hydroxylation is 2. The molecular formula is C19H18N2. The summed E-state index contributed by atoms with van der Waals surface area (Å²) >= 11 is 0. The van der Waals surface area contributed by atoms with Crippen molar-refractivity contribution in [3.8, 4) is 11.1 Å². The molecule has 2 heterocycles. The van der Waals surface area contributed by atoms with Crippen LogP contribution in [0, 0.1) is 6.92 Å². The minimum Gasteiger partial charge on any atom is -0.346 e. The van der Waals surface area contributed by atoms with Gasteiger partial charge in [-0.25, -0.2) is 0 Å². The summed E-state index contributed by atoms with van der Waals surface area (Å²) in [6, 6.07) is 19.3. The van der Waals surface area contributed by atoms with Crippen LogP contribution in [-0.2, 0) is 14.1 Å². The fourth-order valence-electron chi connectivity index (χ4n) is 3.46. The van der Waals surface area contributed by atoms with Gasteiger partial charge in [-0.15, -0.1) is 0 Å². The number of nitrogens with zero attached hydrogens (tertiary/aromatic N) is 2. The first-order valence-corrected chi connectivity index (χ1v) is 7.28. The van der Waals surface area contributed by atoms with Crippen molar-refractivity contribution in [2.24, 2.45) is 14.1 Å². The monoisotopic (exact) mass is 274 g/mol. The van der Waals surface area contributed by atoms with Crippen molar-refractivity contribution in [2.75, 3.05) is 0 Å². The number of rotatable bonds is 1. The van der Waals surface area contributed by atoms with E-state index < -0.39 is 0 Å². The predicted molar refractivity (Wildman–Crippen MR) is 89.6 cm³/mol. The van der Waals surface area contributed by atoms with Gasteiger partial charge in [0, 0.05) is 30.7 Å². The van der Waals surface area contributed by atoms with E-state index in [1.54, 1.807) is 0 Å². The first kappa shape index (κ1) is 12.3. The van der Waals surface area contributed by atoms with Crippen LogP contribution in [0.15, 0.2) is 54.6 Å². The molecule has 2 aromatic carbocycles. The second-order valence-corrected chi connectivity index (χ2v) is 5.66. The minimum absolute atomic E-state index is 1.28. The number of hydrogen-bond acceptors (Lipinski definition) is 0. The zero-order chi connectivity index (χ0) is 14.6. The van der Waals surface area contributed by atoms with Crippen LogP contribution in [0.2, 0.25) is 0 Å². The summed E-state index contributed by atoms with van der Waals surface area (Å²) in [5, 5.41) is 1.32. The van der Waals surface area contributed by atoms with Gasteiger partial charge in [-0.05, 0) is 18.6 Å². The second-order valence-electron chi connectivity index (χ2n) is 5.66. The Labute approximate surface area is 124 Å². The third-order valence-electron chi connectivity index (χ3n) is 4.58. The molecule has 0 aliphatic rings. The first-order chi connectivity index (χ1) is 10.2. The third-order valence-corrected chi connectivity index (χ3v) is 4.58. The summed E-state index contributed by atoms with van der Waals surface area (Å²) in [6.07, 6.45) is 0. The quantitative estimate of drug-likeness (QED) is 0.478. The van der Waals surface area contributed by atoms with Gasteiger partial charge in [-0.2, -0.15) is 0 Å². The van der Waals surface area contributed by atoms with E-state index in [0.29, 0.717) is 0 Å². The lowest BCUT2D eigenvalue weighted by Crippen LogP contribution is -1.92. The van der Waals surface area contributed by atoms with Crippen molar-refractivity contribution in [1.82, 2.24) is 9.13 Å². The molecule has 104 valence electrons. The van der Waals surface area contributed by atoms with Gasteiger partial charge in [0.25, 0.3) is 0 Å². The van der Waals surface area contributed by atoms with Crippen LogP contribution in [-0.4, -0.2) is 9.13 Å². The van der Waals surface area contributed by atoms with Gasteiger partial charge >= 0.3 is 0 Å². The molecule has 0 atom stereocenters. The molecule has 0 aliphatic heterocycles. The predicted octanol–water partition coefficient (Wildman–Crippen LogP) is 4.65. The van der Waals surface area contributed by atoms with E-state index in [4.69, 9.17) is 0 Å². The summed E-state index contributed by atoms with van der Waals surface area (Å²) in [5.74, 6) is 0. The number of hydrogen-bond donors (Lipinski definition) is 0. The van der Waals surface area contributed by atoms with Gasteiger partial charge in [0.1, 0.15) is 0 Å². The van der Waals surface area contributed by atoms with E-state index in [1.165, 1.54) is 38.8 Å². The Bertz CT molecular complexity index is 956. The van der Waals surface area contributed by atoms with E-state index in [-0.39, 0.29) is 0 Å². The second kappa shape index (κ2) is 4.26. The molecule has 0 radical (unpaired) electrons. The van der Waals surface area contributed by atoms with Gasteiger partial charge in [0.2, 0.25) is 0 Å². The molecular weight excluding hydrogens is 256 g/mol. The summed E-state index contributed by atoms with van der Waals surface area (Å²) in [7, 11) is 4.33. The van der Waals surface area contributed by atoms with Crippen LogP contribution in [0.5, 0.6) is 0 Å². The molecule has 0 saturated carbocycles. The average molecular weight is 274 g/mol. The van der Waals surface area contributed by atoms with Crippen molar-refractivity contribution in [2.45, 2.75) is 6.92 Å². The molecule has 0 unspecified atom stereocenters. The Morgan fingerprint density at radius 2 is 1.38 bits per heavy atom. The molecule has 0 fully saturated rings. The van der Waals surface area contributed by atoms with Crippen LogP contribution in [0.1, 0.15) is 5.69 Å². The van der Waals surface area contributed by atoms with E-state index in [0.717, 1.165) is 0 Å². The minimum atomic E-state index is 1.28. The largest absolute Gasteiger partial charge is 0.346 e. The molecule has 2 nitrogen and oxygen atoms in total. The van der Waals surface area contributed by atoms with Gasteiger partial charge in [-0.3, -0.25) is 0 Å². The summed E-state index contributed by atoms with van der Waals surface area (Å²) < 4.78 is 4.64. The normalized spacial score (nSPS) is 11.6. The highest BCUT2D eigenvalue weighted by Gasteiger charge is 2.19. The molecule has 4 aromatic rings. The molecule has 0 spiro atoms. The summed E-state index contributed by atoms with van der Waals surface area (Å²) in [4.78, 5) is 0. The lowest BCUT2D eigenvalue weighted by atomic mass is 10.1. The Kier molecular flexibility index (Phi) is 2.49. The Morgan fingerprint density at radius 1 is 0.714 bits per heavy atom. The lowest BCUT2D eigenvalue weighted by molar-refractivity contribution is 0.923. The van der Waals surface area contributed by atoms with Crippen LogP contribution >= 0.6 is 0 Å². The molecule has 0 aliphatic carbocycles. The maximum Gasteiger partial charge on any atom is 0.0753 e. The van der Waals surface area contributed by atoms with Gasteiger partial charge in [0.15, 0.2) is 0 Å². The Morgan fingerprint density at radius 3 is 2.14 bits per heavy atom. The zero-order valence-corrected chi connectivity index (χ0v) is 12.6. The fraction of sp³-hybridized carbons (Fsp3) is 0.158. The van der Waals surface area contributed by atoms with E-state index in [2.05, 4.69) is 84.8 Å². The van der Waals surface area contributed by atoms with E-state index in [1.807, 2.05) is 0 Å². The highest BCUT2D eigenvalue weighted by Crippen LogP contribution is 2.38. The van der Waals surface area contributed by atoms with Gasteiger partial charge in [-0.1, -0.05) is 48.5 Å². The number of fused-ring (bicyclic) bond motifs is 3. The van der Waals surface area contributed by atoms with Crippen LogP contribution in [0.4, 0.5) is 0 Å². The molecule has 2 aromatic heterocycles. The van der Waals surface area contributed by atoms with Crippen molar-refractivity contribution in [1.29, 1.82) is 0 Å². The molecule has 2 heteroatoms. The summed E-state index contributed by atoms with van der Waals surface area (Å²) in [5.41, 5.74) is 7.87. The number of para-hydroxylation sites is 1. The van der Waals surface area contributed by atoms with Crippen LogP contribution in [0.25, 0.3) is 33.1 Å². The smallest absolute Gasteiger partial charge is 0.0753 e.